The van der Waals surface area contributed by atoms with Crippen LogP contribution in [-0.4, -0.2) is 14.5 Å². The van der Waals surface area contributed by atoms with Gasteiger partial charge in [-0.05, 0) is 35.9 Å². The van der Waals surface area contributed by atoms with Crippen molar-refractivity contribution in [3.8, 4) is 33.9 Å². The summed E-state index contributed by atoms with van der Waals surface area (Å²) in [5, 5.41) is 2.58. The van der Waals surface area contributed by atoms with Gasteiger partial charge in [-0.2, -0.15) is 0 Å². The van der Waals surface area contributed by atoms with E-state index in [9.17, 15) is 0 Å². The molecule has 0 fully saturated rings. The number of hydrogen-bond acceptors (Lipinski definition) is 2. The lowest BCUT2D eigenvalue weighted by Crippen LogP contribution is -2.16. The van der Waals surface area contributed by atoms with Crippen LogP contribution in [0.1, 0.15) is 18.4 Å². The molecule has 210 valence electrons. The molecule has 2 unspecified atom stereocenters. The predicted molar refractivity (Wildman–Crippen MR) is 183 cm³/mol. The third-order valence-electron chi connectivity index (χ3n) is 8.82. The lowest BCUT2D eigenvalue weighted by molar-refractivity contribution is 0.631. The average Bonchev–Trinajstić information content (AvgIpc) is 3.43. The van der Waals surface area contributed by atoms with E-state index in [1.807, 2.05) is 24.3 Å². The van der Waals surface area contributed by atoms with Crippen molar-refractivity contribution in [2.45, 2.75) is 12.8 Å². The van der Waals surface area contributed by atoms with Gasteiger partial charge in [0.25, 0.3) is 0 Å². The monoisotopic (exact) mass is 565 g/mol. The number of nitrogens with zero attached hydrogens (tertiary/aromatic N) is 3. The van der Waals surface area contributed by atoms with Crippen molar-refractivity contribution >= 4 is 27.5 Å². The average molecular weight is 566 g/mol. The Labute approximate surface area is 257 Å². The molecule has 2 atom stereocenters. The molecule has 7 aromatic rings. The van der Waals surface area contributed by atoms with Crippen molar-refractivity contribution in [3.05, 3.63) is 163 Å². The number of allylic oxidation sites excluding steroid dienone is 4. The molecule has 0 saturated carbocycles. The van der Waals surface area contributed by atoms with Crippen LogP contribution >= 0.6 is 0 Å². The van der Waals surface area contributed by atoms with Crippen molar-refractivity contribution in [1.82, 2.24) is 14.5 Å². The smallest absolute Gasteiger partial charge is 0.160 e. The number of fused-ring (bicyclic) bond motifs is 3. The summed E-state index contributed by atoms with van der Waals surface area (Å²) in [6.07, 6.45) is 6.85. The number of para-hydroxylation sites is 2. The molecule has 3 nitrogen and oxygen atoms in total. The first kappa shape index (κ1) is 26.1. The summed E-state index contributed by atoms with van der Waals surface area (Å²) in [4.78, 5) is 10.1. The van der Waals surface area contributed by atoms with E-state index < -0.39 is 0 Å². The fourth-order valence-electron chi connectivity index (χ4n) is 6.63. The minimum absolute atomic E-state index is 0.221. The highest BCUT2D eigenvalue weighted by Crippen LogP contribution is 2.42. The fraction of sp³-hybridized carbons (Fsp3) is 0.0732. The maximum Gasteiger partial charge on any atom is 0.160 e. The quantitative estimate of drug-likeness (QED) is 0.208. The highest BCUT2D eigenvalue weighted by atomic mass is 15.0. The Bertz CT molecular complexity index is 2080. The molecule has 0 spiro atoms. The van der Waals surface area contributed by atoms with Crippen molar-refractivity contribution < 1.29 is 0 Å². The Morgan fingerprint density at radius 1 is 0.545 bits per heavy atom. The number of rotatable bonds is 5. The molecule has 8 rings (SSSR count). The van der Waals surface area contributed by atoms with Gasteiger partial charge in [0, 0.05) is 45.0 Å². The molecule has 44 heavy (non-hydrogen) atoms. The van der Waals surface area contributed by atoms with E-state index >= 15 is 0 Å². The van der Waals surface area contributed by atoms with Gasteiger partial charge in [-0.25, -0.2) is 9.97 Å². The number of benzene rings is 5. The highest BCUT2D eigenvalue weighted by molar-refractivity contribution is 6.10. The molecule has 0 radical (unpaired) electrons. The second-order valence-corrected chi connectivity index (χ2v) is 11.5. The molecule has 0 N–H and O–H groups in total. The molecule has 0 saturated heterocycles. The van der Waals surface area contributed by atoms with E-state index in [4.69, 9.17) is 9.97 Å². The molecule has 0 amide bonds. The fourth-order valence-corrected chi connectivity index (χ4v) is 6.63. The minimum atomic E-state index is 0.221. The van der Waals surface area contributed by atoms with Crippen LogP contribution in [0.15, 0.2) is 158 Å². The Morgan fingerprint density at radius 3 is 1.80 bits per heavy atom. The van der Waals surface area contributed by atoms with Gasteiger partial charge in [-0.1, -0.05) is 134 Å². The Morgan fingerprint density at radius 2 is 1.11 bits per heavy atom. The molecule has 2 heterocycles. The van der Waals surface area contributed by atoms with Gasteiger partial charge >= 0.3 is 0 Å². The van der Waals surface area contributed by atoms with Crippen LogP contribution in [0.4, 0.5) is 0 Å². The first-order valence-electron chi connectivity index (χ1n) is 15.2. The van der Waals surface area contributed by atoms with Gasteiger partial charge in [0.1, 0.15) is 0 Å². The van der Waals surface area contributed by atoms with Crippen LogP contribution in [0.3, 0.4) is 0 Å². The molecule has 3 heteroatoms. The zero-order valence-corrected chi connectivity index (χ0v) is 24.5. The molecule has 0 aliphatic heterocycles. The van der Waals surface area contributed by atoms with Crippen molar-refractivity contribution in [2.75, 3.05) is 0 Å². The summed E-state index contributed by atoms with van der Waals surface area (Å²) in [6.45, 7) is 2.35. The molecule has 0 bridgehead atoms. The topological polar surface area (TPSA) is 30.7 Å². The molecule has 1 aliphatic carbocycles. The van der Waals surface area contributed by atoms with E-state index in [2.05, 4.69) is 145 Å². The summed E-state index contributed by atoms with van der Waals surface area (Å²) in [5.41, 5.74) is 10.1. The third kappa shape index (κ3) is 4.54. The van der Waals surface area contributed by atoms with E-state index in [1.165, 1.54) is 33.1 Å². The van der Waals surface area contributed by atoms with Crippen molar-refractivity contribution in [2.24, 2.45) is 5.92 Å². The number of aromatic nitrogens is 3. The summed E-state index contributed by atoms with van der Waals surface area (Å²) < 4.78 is 2.46. The Hall–Kier alpha value is -5.54. The summed E-state index contributed by atoms with van der Waals surface area (Å²) in [6, 6.07) is 49.1. The van der Waals surface area contributed by atoms with E-state index in [0.717, 1.165) is 33.9 Å². The van der Waals surface area contributed by atoms with E-state index in [0.29, 0.717) is 0 Å². The van der Waals surface area contributed by atoms with Gasteiger partial charge in [0.05, 0.1) is 22.4 Å². The van der Waals surface area contributed by atoms with Crippen molar-refractivity contribution in [1.29, 1.82) is 0 Å². The third-order valence-corrected chi connectivity index (χ3v) is 8.82. The van der Waals surface area contributed by atoms with E-state index in [-0.39, 0.29) is 11.8 Å². The summed E-state index contributed by atoms with van der Waals surface area (Å²) >= 11 is 0. The van der Waals surface area contributed by atoms with E-state index in [1.54, 1.807) is 0 Å². The van der Waals surface area contributed by atoms with Gasteiger partial charge in [-0.15, -0.1) is 0 Å². The van der Waals surface area contributed by atoms with Gasteiger partial charge in [0.2, 0.25) is 0 Å². The SMILES string of the molecule is CC1C(n2c3ccccc3c3ccccc32)=CC=CC1c1cccc(-c2cc(-c3ccccc3)nc(-c3ccccc3)n2)c1. The predicted octanol–water partition coefficient (Wildman–Crippen LogP) is 10.4. The lowest BCUT2D eigenvalue weighted by Gasteiger charge is -2.29. The van der Waals surface area contributed by atoms with Crippen LogP contribution in [-0.2, 0) is 0 Å². The number of hydrogen-bond donors (Lipinski definition) is 0. The largest absolute Gasteiger partial charge is 0.313 e. The van der Waals surface area contributed by atoms with Gasteiger partial charge in [0.15, 0.2) is 5.82 Å². The Balaban J connectivity index is 1.21. The highest BCUT2D eigenvalue weighted by Gasteiger charge is 2.26. The molecule has 2 aromatic heterocycles. The van der Waals surface area contributed by atoms with Crippen LogP contribution in [0.2, 0.25) is 0 Å². The van der Waals surface area contributed by atoms with Gasteiger partial charge < -0.3 is 4.57 Å². The first-order chi connectivity index (χ1) is 21.7. The zero-order valence-electron chi connectivity index (χ0n) is 24.5. The second kappa shape index (κ2) is 10.9. The van der Waals surface area contributed by atoms with Crippen LogP contribution in [0.25, 0.3) is 61.4 Å². The second-order valence-electron chi connectivity index (χ2n) is 11.5. The van der Waals surface area contributed by atoms with Crippen LogP contribution in [0, 0.1) is 5.92 Å². The zero-order chi connectivity index (χ0) is 29.5. The maximum atomic E-state index is 5.08. The molecule has 5 aromatic carbocycles. The summed E-state index contributed by atoms with van der Waals surface area (Å²) in [5.74, 6) is 1.22. The Kier molecular flexibility index (Phi) is 6.49. The normalized spacial score (nSPS) is 16.3. The maximum absolute atomic E-state index is 5.08. The molecule has 1 aliphatic rings. The first-order valence-corrected chi connectivity index (χ1v) is 15.2. The van der Waals surface area contributed by atoms with Crippen LogP contribution in [0.5, 0.6) is 0 Å². The molecular weight excluding hydrogens is 534 g/mol. The molecular formula is C41H31N3. The van der Waals surface area contributed by atoms with Gasteiger partial charge in [-0.3, -0.25) is 0 Å². The standard InChI is InChI=1S/C41H31N3/c1-28-33(22-13-25-38(28)44-39-23-10-8-20-34(39)35-21-9-11-24-40(35)44)31-18-12-19-32(26-31)37-27-36(29-14-4-2-5-15-29)42-41(43-37)30-16-6-3-7-17-30/h2-28,33H,1H3. The summed E-state index contributed by atoms with van der Waals surface area (Å²) in [7, 11) is 0. The van der Waals surface area contributed by atoms with Crippen LogP contribution < -0.4 is 0 Å². The minimum Gasteiger partial charge on any atom is -0.313 e. The lowest BCUT2D eigenvalue weighted by atomic mass is 9.81. The van der Waals surface area contributed by atoms with Crippen molar-refractivity contribution in [3.63, 3.8) is 0 Å².